The zero-order valence-corrected chi connectivity index (χ0v) is 23.2. The summed E-state index contributed by atoms with van der Waals surface area (Å²) in [5, 5.41) is 0. The Kier molecular flexibility index (Phi) is 23.8. The van der Waals surface area contributed by atoms with Crippen LogP contribution in [0.4, 0.5) is 0 Å². The first kappa shape index (κ1) is 32.7. The Hall–Kier alpha value is -1.32. The van der Waals surface area contributed by atoms with Crippen molar-refractivity contribution in [2.24, 2.45) is 0 Å². The second kappa shape index (κ2) is 24.8. The fourth-order valence-electron chi connectivity index (χ4n) is 4.03. The van der Waals surface area contributed by atoms with Crippen molar-refractivity contribution < 1.29 is 19.1 Å². The molecule has 0 N–H and O–H groups in total. The molecular weight excluding hydrogens is 424 g/mol. The van der Waals surface area contributed by atoms with Gasteiger partial charge in [-0.15, -0.1) is 0 Å². The van der Waals surface area contributed by atoms with Gasteiger partial charge in [0.2, 0.25) is 0 Å². The van der Waals surface area contributed by atoms with Gasteiger partial charge in [0.15, 0.2) is 0 Å². The Bertz CT molecular complexity index is 478. The van der Waals surface area contributed by atoms with Crippen molar-refractivity contribution in [1.29, 1.82) is 0 Å². The lowest BCUT2D eigenvalue weighted by Crippen LogP contribution is -2.14. The van der Waals surface area contributed by atoms with Gasteiger partial charge in [0.1, 0.15) is 0 Å². The number of carbonyl (C=O) groups is 2. The Morgan fingerprint density at radius 3 is 0.912 bits per heavy atom. The molecule has 0 heterocycles. The van der Waals surface area contributed by atoms with E-state index in [0.29, 0.717) is 24.4 Å². The van der Waals surface area contributed by atoms with Crippen LogP contribution in [-0.4, -0.2) is 25.2 Å². The summed E-state index contributed by atoms with van der Waals surface area (Å²) in [5.74, 6) is -0.798. The van der Waals surface area contributed by atoms with Gasteiger partial charge in [-0.05, 0) is 26.7 Å². The fourth-order valence-corrected chi connectivity index (χ4v) is 4.03. The van der Waals surface area contributed by atoms with Crippen molar-refractivity contribution in [1.82, 2.24) is 0 Å². The number of unbranched alkanes of at least 4 members (excludes halogenated alkanes) is 18. The highest BCUT2D eigenvalue weighted by Gasteiger charge is 2.15. The van der Waals surface area contributed by atoms with Crippen LogP contribution >= 0.6 is 0 Å². The first-order valence-electron chi connectivity index (χ1n) is 14.6. The zero-order valence-electron chi connectivity index (χ0n) is 23.2. The maximum Gasteiger partial charge on any atom is 0.334 e. The minimum Gasteiger partial charge on any atom is -0.462 e. The lowest BCUT2D eigenvalue weighted by molar-refractivity contribution is -0.142. The number of rotatable bonds is 24. The van der Waals surface area contributed by atoms with Crippen molar-refractivity contribution in [3.63, 3.8) is 0 Å². The molecule has 0 atom stereocenters. The Labute approximate surface area is 211 Å². The standard InChI is InChI=1S/C30H56O4/c1-5-7-9-11-13-15-17-19-21-23-25-33-29(31)27(3)28(4)30(32)34-26-24-22-20-18-16-14-12-10-8-6-2/h5-26H2,1-4H3/b28-27-. The average Bonchev–Trinajstić information content (AvgIpc) is 2.84. The highest BCUT2D eigenvalue weighted by molar-refractivity contribution is 5.99. The molecule has 0 rings (SSSR count). The SMILES string of the molecule is CCCCCCCCCCCCOC(=O)/C(C)=C(/C)C(=O)OCCCCCCCCCCCC. The van der Waals surface area contributed by atoms with Crippen LogP contribution in [0.1, 0.15) is 156 Å². The smallest absolute Gasteiger partial charge is 0.334 e. The molecule has 0 bridgehead atoms. The zero-order chi connectivity index (χ0) is 25.3. The second-order valence-electron chi connectivity index (χ2n) is 9.89. The Morgan fingerprint density at radius 2 is 0.647 bits per heavy atom. The number of esters is 2. The largest absolute Gasteiger partial charge is 0.462 e. The van der Waals surface area contributed by atoms with Crippen LogP contribution in [0.25, 0.3) is 0 Å². The van der Waals surface area contributed by atoms with Crippen molar-refractivity contribution in [2.75, 3.05) is 13.2 Å². The Morgan fingerprint density at radius 1 is 0.412 bits per heavy atom. The first-order valence-corrected chi connectivity index (χ1v) is 14.6. The second-order valence-corrected chi connectivity index (χ2v) is 9.89. The van der Waals surface area contributed by atoms with Crippen LogP contribution in [0.3, 0.4) is 0 Å². The molecule has 200 valence electrons. The van der Waals surface area contributed by atoms with E-state index in [1.807, 2.05) is 0 Å². The number of ether oxygens (including phenoxy) is 2. The molecule has 34 heavy (non-hydrogen) atoms. The molecule has 0 radical (unpaired) electrons. The topological polar surface area (TPSA) is 52.6 Å². The van der Waals surface area contributed by atoms with E-state index in [2.05, 4.69) is 13.8 Å². The Balaban J connectivity index is 3.74. The van der Waals surface area contributed by atoms with E-state index in [1.165, 1.54) is 103 Å². The minimum atomic E-state index is -0.399. The van der Waals surface area contributed by atoms with Gasteiger partial charge in [-0.3, -0.25) is 0 Å². The molecule has 0 aromatic heterocycles. The molecule has 0 amide bonds. The van der Waals surface area contributed by atoms with Gasteiger partial charge in [-0.1, -0.05) is 129 Å². The van der Waals surface area contributed by atoms with Crippen LogP contribution in [0, 0.1) is 0 Å². The van der Waals surface area contributed by atoms with Crippen LogP contribution < -0.4 is 0 Å². The van der Waals surface area contributed by atoms with E-state index >= 15 is 0 Å². The van der Waals surface area contributed by atoms with Crippen molar-refractivity contribution in [3.8, 4) is 0 Å². The fraction of sp³-hybridized carbons (Fsp3) is 0.867. The lowest BCUT2D eigenvalue weighted by atomic mass is 10.1. The molecule has 0 fully saturated rings. The number of hydrogen-bond acceptors (Lipinski definition) is 4. The molecule has 0 unspecified atom stereocenters. The van der Waals surface area contributed by atoms with Gasteiger partial charge in [-0.25, -0.2) is 9.59 Å². The van der Waals surface area contributed by atoms with Gasteiger partial charge < -0.3 is 9.47 Å². The van der Waals surface area contributed by atoms with E-state index in [4.69, 9.17) is 9.47 Å². The first-order chi connectivity index (χ1) is 16.5. The molecular formula is C30H56O4. The van der Waals surface area contributed by atoms with E-state index < -0.39 is 11.9 Å². The highest BCUT2D eigenvalue weighted by atomic mass is 16.5. The third kappa shape index (κ3) is 20.1. The van der Waals surface area contributed by atoms with Crippen LogP contribution in [-0.2, 0) is 19.1 Å². The normalized spacial score (nSPS) is 11.9. The van der Waals surface area contributed by atoms with Crippen LogP contribution in [0.15, 0.2) is 11.1 Å². The molecule has 0 aliphatic rings. The van der Waals surface area contributed by atoms with E-state index in [0.717, 1.165) is 25.7 Å². The third-order valence-electron chi connectivity index (χ3n) is 6.64. The lowest BCUT2D eigenvalue weighted by Gasteiger charge is -2.09. The third-order valence-corrected chi connectivity index (χ3v) is 6.64. The van der Waals surface area contributed by atoms with Gasteiger partial charge in [0.05, 0.1) is 13.2 Å². The van der Waals surface area contributed by atoms with Gasteiger partial charge in [0.25, 0.3) is 0 Å². The van der Waals surface area contributed by atoms with E-state index in [-0.39, 0.29) is 0 Å². The molecule has 0 spiro atoms. The van der Waals surface area contributed by atoms with E-state index in [9.17, 15) is 9.59 Å². The minimum absolute atomic E-state index is 0.361. The summed E-state index contributed by atoms with van der Waals surface area (Å²) < 4.78 is 10.7. The van der Waals surface area contributed by atoms with Gasteiger partial charge in [-0.2, -0.15) is 0 Å². The maximum absolute atomic E-state index is 12.2. The summed E-state index contributed by atoms with van der Waals surface area (Å²) in [5.41, 5.74) is 0.723. The predicted molar refractivity (Wildman–Crippen MR) is 144 cm³/mol. The van der Waals surface area contributed by atoms with E-state index in [1.54, 1.807) is 13.8 Å². The molecule has 0 aliphatic heterocycles. The summed E-state index contributed by atoms with van der Waals surface area (Å²) in [7, 11) is 0. The molecule has 0 saturated heterocycles. The van der Waals surface area contributed by atoms with Crippen molar-refractivity contribution in [3.05, 3.63) is 11.1 Å². The van der Waals surface area contributed by atoms with Crippen molar-refractivity contribution in [2.45, 2.75) is 156 Å². The van der Waals surface area contributed by atoms with Gasteiger partial charge >= 0.3 is 11.9 Å². The molecule has 0 aromatic rings. The quantitative estimate of drug-likeness (QED) is 0.0784. The molecule has 0 aliphatic carbocycles. The summed E-state index contributed by atoms with van der Waals surface area (Å²) in [6.45, 7) is 8.64. The van der Waals surface area contributed by atoms with Gasteiger partial charge in [0, 0.05) is 11.1 Å². The number of hydrogen-bond donors (Lipinski definition) is 0. The molecule has 4 nitrogen and oxygen atoms in total. The molecule has 0 aromatic carbocycles. The summed E-state index contributed by atoms with van der Waals surface area (Å²) in [6.07, 6.45) is 24.9. The molecule has 0 saturated carbocycles. The summed E-state index contributed by atoms with van der Waals surface area (Å²) in [6, 6.07) is 0. The average molecular weight is 481 g/mol. The predicted octanol–water partition coefficient (Wildman–Crippen LogP) is 9.25. The van der Waals surface area contributed by atoms with Crippen molar-refractivity contribution >= 4 is 11.9 Å². The number of carbonyl (C=O) groups excluding carboxylic acids is 2. The van der Waals surface area contributed by atoms with Crippen LogP contribution in [0.5, 0.6) is 0 Å². The molecule has 4 heteroatoms. The summed E-state index contributed by atoms with van der Waals surface area (Å²) in [4.78, 5) is 24.4. The monoisotopic (exact) mass is 480 g/mol. The highest BCUT2D eigenvalue weighted by Crippen LogP contribution is 2.13. The van der Waals surface area contributed by atoms with Crippen LogP contribution in [0.2, 0.25) is 0 Å². The summed E-state index contributed by atoms with van der Waals surface area (Å²) >= 11 is 0. The maximum atomic E-state index is 12.2.